The molecule has 0 spiro atoms. The van der Waals surface area contributed by atoms with Crippen molar-refractivity contribution in [2.24, 2.45) is 17.8 Å². The molecule has 1 aromatic heterocycles. The van der Waals surface area contributed by atoms with E-state index in [2.05, 4.69) is 32.7 Å². The van der Waals surface area contributed by atoms with Crippen LogP contribution in [0.15, 0.2) is 18.2 Å². The van der Waals surface area contributed by atoms with Crippen LogP contribution in [0.4, 0.5) is 0 Å². The van der Waals surface area contributed by atoms with Crippen molar-refractivity contribution in [3.05, 3.63) is 24.0 Å². The molecule has 34 heavy (non-hydrogen) atoms. The number of ketones is 1. The highest BCUT2D eigenvalue weighted by Crippen LogP contribution is 2.29. The molecule has 3 rings (SSSR count). The van der Waals surface area contributed by atoms with Gasteiger partial charge < -0.3 is 19.3 Å². The van der Waals surface area contributed by atoms with Crippen molar-refractivity contribution in [3.8, 4) is 5.75 Å². The van der Waals surface area contributed by atoms with E-state index in [1.165, 1.54) is 0 Å². The number of amides is 1. The quantitative estimate of drug-likeness (QED) is 0.480. The van der Waals surface area contributed by atoms with Crippen LogP contribution in [0, 0.1) is 17.8 Å². The van der Waals surface area contributed by atoms with Gasteiger partial charge in [-0.1, -0.05) is 27.7 Å². The van der Waals surface area contributed by atoms with Crippen LogP contribution in [-0.4, -0.2) is 57.6 Å². The Morgan fingerprint density at radius 2 is 1.71 bits per heavy atom. The molecule has 1 amide bonds. The molecule has 7 nitrogen and oxygen atoms in total. The number of hydrogen-bond donors (Lipinski definition) is 1. The van der Waals surface area contributed by atoms with Gasteiger partial charge >= 0.3 is 0 Å². The van der Waals surface area contributed by atoms with Crippen molar-refractivity contribution in [1.29, 1.82) is 0 Å². The highest BCUT2D eigenvalue weighted by atomic mass is 16.5. The topological polar surface area (TPSA) is 84.7 Å². The number of methoxy groups -OCH3 is 1. The molecule has 188 valence electrons. The summed E-state index contributed by atoms with van der Waals surface area (Å²) in [5, 5.41) is 9.87. The van der Waals surface area contributed by atoms with Crippen LogP contribution in [0.1, 0.15) is 76.8 Å². The fourth-order valence-electron chi connectivity index (χ4n) is 4.52. The Bertz CT molecular complexity index is 962. The number of hydrogen-bond acceptors (Lipinski definition) is 5. The van der Waals surface area contributed by atoms with Crippen LogP contribution < -0.4 is 4.74 Å². The van der Waals surface area contributed by atoms with Crippen LogP contribution in [0.2, 0.25) is 0 Å². The Morgan fingerprint density at radius 1 is 1.09 bits per heavy atom. The van der Waals surface area contributed by atoms with Crippen LogP contribution in [-0.2, 0) is 11.3 Å². The molecule has 1 N–H and O–H groups in total. The summed E-state index contributed by atoms with van der Waals surface area (Å²) in [4.78, 5) is 33.7. The lowest BCUT2D eigenvalue weighted by Crippen LogP contribution is -2.37. The molecule has 0 radical (unpaired) electrons. The Morgan fingerprint density at radius 3 is 2.26 bits per heavy atom. The molecule has 0 atom stereocenters. The summed E-state index contributed by atoms with van der Waals surface area (Å²) in [6.07, 6.45) is 4.11. The summed E-state index contributed by atoms with van der Waals surface area (Å²) in [5.74, 6) is 1.82. The molecule has 2 aromatic rings. The lowest BCUT2D eigenvalue weighted by molar-refractivity contribution is -0.132. The minimum Gasteiger partial charge on any atom is -0.497 e. The summed E-state index contributed by atoms with van der Waals surface area (Å²) >= 11 is 0. The normalized spacial score (nSPS) is 18.6. The molecule has 0 unspecified atom stereocenters. The fraction of sp³-hybridized carbons (Fsp3) is 0.667. The first-order valence-electron chi connectivity index (χ1n) is 12.7. The number of aromatic nitrogens is 2. The molecule has 0 bridgehead atoms. The zero-order valence-corrected chi connectivity index (χ0v) is 21.4. The van der Waals surface area contributed by atoms with Gasteiger partial charge in [-0.25, -0.2) is 4.98 Å². The van der Waals surface area contributed by atoms with Gasteiger partial charge in [-0.2, -0.15) is 0 Å². The molecule has 1 saturated carbocycles. The van der Waals surface area contributed by atoms with E-state index in [0.717, 1.165) is 18.4 Å². The van der Waals surface area contributed by atoms with Crippen LogP contribution in [0.3, 0.4) is 0 Å². The van der Waals surface area contributed by atoms with Crippen LogP contribution in [0.25, 0.3) is 11.0 Å². The minimum absolute atomic E-state index is 0.0107. The van der Waals surface area contributed by atoms with Crippen LogP contribution in [0.5, 0.6) is 5.75 Å². The van der Waals surface area contributed by atoms with Crippen molar-refractivity contribution >= 4 is 22.7 Å². The molecule has 1 fully saturated rings. The Labute approximate surface area is 203 Å². The largest absolute Gasteiger partial charge is 0.497 e. The van der Waals surface area contributed by atoms with Crippen molar-refractivity contribution < 1.29 is 19.4 Å². The van der Waals surface area contributed by atoms with E-state index < -0.39 is 0 Å². The Balaban J connectivity index is 1.93. The van der Waals surface area contributed by atoms with E-state index in [1.807, 2.05) is 23.1 Å². The van der Waals surface area contributed by atoms with Gasteiger partial charge in [0.25, 0.3) is 0 Å². The van der Waals surface area contributed by atoms with Crippen LogP contribution >= 0.6 is 0 Å². The van der Waals surface area contributed by atoms with E-state index in [1.54, 1.807) is 11.7 Å². The molecule has 0 saturated heterocycles. The average Bonchev–Trinajstić information content (AvgIpc) is 3.16. The maximum atomic E-state index is 13.5. The third-order valence-electron chi connectivity index (χ3n) is 6.84. The molecule has 7 heteroatoms. The Hall–Kier alpha value is -2.41. The second kappa shape index (κ2) is 11.8. The van der Waals surface area contributed by atoms with Crippen molar-refractivity contribution in [1.82, 2.24) is 14.5 Å². The lowest BCUT2D eigenvalue weighted by atomic mass is 9.84. The molecule has 1 heterocycles. The summed E-state index contributed by atoms with van der Waals surface area (Å²) in [6, 6.07) is 5.51. The number of rotatable bonds is 11. The first-order chi connectivity index (χ1) is 16.2. The van der Waals surface area contributed by atoms with Crippen molar-refractivity contribution in [2.75, 3.05) is 20.2 Å². The summed E-state index contributed by atoms with van der Waals surface area (Å²) < 4.78 is 7.19. The van der Waals surface area contributed by atoms with E-state index in [0.29, 0.717) is 67.7 Å². The summed E-state index contributed by atoms with van der Waals surface area (Å²) in [7, 11) is 1.60. The monoisotopic (exact) mass is 471 g/mol. The second-order valence-electron chi connectivity index (χ2n) is 10.5. The van der Waals surface area contributed by atoms with E-state index in [-0.39, 0.29) is 30.3 Å². The SMILES string of the molecule is COc1ccc2nc(C(=O)[C@H]3CC[C@@H](O)CC3)n(CC(=O)N(CCC(C)C)CCC(C)C)c2c1. The van der Waals surface area contributed by atoms with Gasteiger partial charge in [-0.3, -0.25) is 9.59 Å². The molecule has 0 aliphatic heterocycles. The van der Waals surface area contributed by atoms with Gasteiger partial charge in [0.1, 0.15) is 12.3 Å². The van der Waals surface area contributed by atoms with Gasteiger partial charge in [-0.05, 0) is 62.5 Å². The minimum atomic E-state index is -0.329. The number of benzene rings is 1. The number of carbonyl (C=O) groups excluding carboxylic acids is 2. The predicted molar refractivity (Wildman–Crippen MR) is 134 cm³/mol. The number of Topliss-reactive ketones (excluding diaryl/α,β-unsaturated/α-hetero) is 1. The van der Waals surface area contributed by atoms with Gasteiger partial charge in [0, 0.05) is 25.1 Å². The summed E-state index contributed by atoms with van der Waals surface area (Å²) in [5.41, 5.74) is 1.42. The smallest absolute Gasteiger partial charge is 0.242 e. The highest BCUT2D eigenvalue weighted by Gasteiger charge is 2.30. The predicted octanol–water partition coefficient (Wildman–Crippen LogP) is 4.70. The third-order valence-corrected chi connectivity index (χ3v) is 6.84. The first-order valence-corrected chi connectivity index (χ1v) is 12.7. The number of carbonyl (C=O) groups is 2. The molecule has 1 aromatic carbocycles. The second-order valence-corrected chi connectivity index (χ2v) is 10.5. The average molecular weight is 472 g/mol. The van der Waals surface area contributed by atoms with E-state index in [9.17, 15) is 14.7 Å². The maximum absolute atomic E-state index is 13.5. The molecular formula is C27H41N3O4. The standard InChI is InChI=1S/C27H41N3O4/c1-18(2)12-14-29(15-13-19(3)4)25(32)17-30-24-16-22(34-5)10-11-23(24)28-27(30)26(33)20-6-8-21(31)9-7-20/h10-11,16,18-21,31H,6-9,12-15,17H2,1-5H3/t20-,21+. The molecule has 1 aliphatic carbocycles. The van der Waals surface area contributed by atoms with Crippen molar-refractivity contribution in [3.63, 3.8) is 0 Å². The zero-order chi connectivity index (χ0) is 24.8. The lowest BCUT2D eigenvalue weighted by Gasteiger charge is -2.26. The van der Waals surface area contributed by atoms with Gasteiger partial charge in [0.15, 0.2) is 5.82 Å². The van der Waals surface area contributed by atoms with E-state index >= 15 is 0 Å². The molecule has 1 aliphatic rings. The van der Waals surface area contributed by atoms with Gasteiger partial charge in [0.05, 0.1) is 24.2 Å². The first kappa shape index (κ1) is 26.2. The van der Waals surface area contributed by atoms with Gasteiger partial charge in [0.2, 0.25) is 11.7 Å². The Kier molecular flexibility index (Phi) is 9.11. The van der Waals surface area contributed by atoms with Gasteiger partial charge in [-0.15, -0.1) is 0 Å². The van der Waals surface area contributed by atoms with E-state index in [4.69, 9.17) is 4.74 Å². The third kappa shape index (κ3) is 6.59. The molecular weight excluding hydrogens is 430 g/mol. The number of ether oxygens (including phenoxy) is 1. The zero-order valence-electron chi connectivity index (χ0n) is 21.4. The maximum Gasteiger partial charge on any atom is 0.242 e. The number of aliphatic hydroxyl groups excluding tert-OH is 1. The fourth-order valence-corrected chi connectivity index (χ4v) is 4.52. The summed E-state index contributed by atoms with van der Waals surface area (Å²) in [6.45, 7) is 10.2. The number of imidazole rings is 1. The number of fused-ring (bicyclic) bond motifs is 1. The number of nitrogens with zero attached hydrogens (tertiary/aromatic N) is 3. The number of aliphatic hydroxyl groups is 1. The highest BCUT2D eigenvalue weighted by molar-refractivity contribution is 5.99. The van der Waals surface area contributed by atoms with Crippen molar-refractivity contribution in [2.45, 2.75) is 78.9 Å².